The summed E-state index contributed by atoms with van der Waals surface area (Å²) in [5.41, 5.74) is 0.569. The van der Waals surface area contributed by atoms with E-state index in [-0.39, 0.29) is 36.2 Å². The highest BCUT2D eigenvalue weighted by molar-refractivity contribution is 7.89. The lowest BCUT2D eigenvalue weighted by Gasteiger charge is -2.18. The van der Waals surface area contributed by atoms with Crippen LogP contribution in [0, 0.1) is 5.92 Å². The van der Waals surface area contributed by atoms with Crippen molar-refractivity contribution in [1.82, 2.24) is 9.62 Å². The Kier molecular flexibility index (Phi) is 5.33. The van der Waals surface area contributed by atoms with Crippen LogP contribution in [0.2, 0.25) is 0 Å². The lowest BCUT2D eigenvalue weighted by atomic mass is 10.1. The number of rotatable bonds is 6. The summed E-state index contributed by atoms with van der Waals surface area (Å²) in [6.07, 6.45) is 1.64. The number of nitrogens with one attached hydrogen (secondary N) is 1. The Morgan fingerprint density at radius 3 is 2.56 bits per heavy atom. The maximum atomic E-state index is 12.3. The average Bonchev–Trinajstić information content (AvgIpc) is 3.29. The zero-order valence-electron chi connectivity index (χ0n) is 15.1. The molecule has 27 heavy (non-hydrogen) atoms. The van der Waals surface area contributed by atoms with Crippen molar-refractivity contribution < 1.29 is 22.4 Å². The normalized spacial score (nSPS) is 17.5. The van der Waals surface area contributed by atoms with Crippen LogP contribution in [0.4, 0.5) is 5.69 Å². The van der Waals surface area contributed by atoms with Crippen molar-refractivity contribution in [2.45, 2.75) is 17.9 Å². The van der Waals surface area contributed by atoms with Crippen LogP contribution < -0.4 is 10.2 Å². The van der Waals surface area contributed by atoms with Gasteiger partial charge in [-0.15, -0.1) is 0 Å². The first-order valence-corrected chi connectivity index (χ1v) is 9.86. The lowest BCUT2D eigenvalue weighted by molar-refractivity contribution is -0.126. The van der Waals surface area contributed by atoms with E-state index in [1.54, 1.807) is 24.3 Å². The van der Waals surface area contributed by atoms with Gasteiger partial charge in [0.15, 0.2) is 0 Å². The zero-order chi connectivity index (χ0) is 19.6. The SMILES string of the molecule is CN(C)S(=O)(=O)c1ccc(N2C[C@@H](C(=O)NCc3ccco3)CC2=O)cc1. The number of anilines is 1. The standard InChI is InChI=1S/C18H21N3O5S/c1-20(2)27(24,25)16-7-5-14(6-8-16)21-12-13(10-17(21)22)18(23)19-11-15-4-3-9-26-15/h3-9,13H,10-12H2,1-2H3,(H,19,23)/t13-/m0/s1. The van der Waals surface area contributed by atoms with Gasteiger partial charge in [0.1, 0.15) is 5.76 Å². The molecule has 0 unspecified atom stereocenters. The van der Waals surface area contributed by atoms with E-state index in [0.717, 1.165) is 4.31 Å². The van der Waals surface area contributed by atoms with E-state index in [9.17, 15) is 18.0 Å². The Hall–Kier alpha value is -2.65. The Bertz CT molecular complexity index is 920. The van der Waals surface area contributed by atoms with Gasteiger partial charge in [-0.2, -0.15) is 0 Å². The molecule has 2 aromatic rings. The summed E-state index contributed by atoms with van der Waals surface area (Å²) in [6, 6.07) is 9.58. The summed E-state index contributed by atoms with van der Waals surface area (Å²) in [5, 5.41) is 2.76. The quantitative estimate of drug-likeness (QED) is 0.798. The van der Waals surface area contributed by atoms with Crippen molar-refractivity contribution in [3.63, 3.8) is 0 Å². The molecule has 1 atom stereocenters. The summed E-state index contributed by atoms with van der Waals surface area (Å²) in [5.74, 6) is -0.203. The first-order valence-electron chi connectivity index (χ1n) is 8.42. The maximum absolute atomic E-state index is 12.3. The minimum Gasteiger partial charge on any atom is -0.467 e. The summed E-state index contributed by atoms with van der Waals surface area (Å²) >= 11 is 0. The van der Waals surface area contributed by atoms with Gasteiger partial charge in [0, 0.05) is 32.7 Å². The van der Waals surface area contributed by atoms with E-state index in [2.05, 4.69) is 5.32 Å². The third-order valence-electron chi connectivity index (χ3n) is 4.44. The Morgan fingerprint density at radius 1 is 1.26 bits per heavy atom. The highest BCUT2D eigenvalue weighted by Gasteiger charge is 2.35. The van der Waals surface area contributed by atoms with Crippen molar-refractivity contribution in [3.8, 4) is 0 Å². The van der Waals surface area contributed by atoms with E-state index in [0.29, 0.717) is 11.4 Å². The highest BCUT2D eigenvalue weighted by Crippen LogP contribution is 2.27. The molecule has 8 nitrogen and oxygen atoms in total. The number of carbonyl (C=O) groups is 2. The average molecular weight is 391 g/mol. The minimum atomic E-state index is -3.53. The molecule has 1 saturated heterocycles. The molecule has 0 spiro atoms. The minimum absolute atomic E-state index is 0.113. The predicted octanol–water partition coefficient (Wildman–Crippen LogP) is 1.20. The zero-order valence-corrected chi connectivity index (χ0v) is 15.9. The van der Waals surface area contributed by atoms with Gasteiger partial charge in [0.25, 0.3) is 0 Å². The molecule has 3 rings (SSSR count). The summed E-state index contributed by atoms with van der Waals surface area (Å²) < 4.78 is 30.5. The first-order chi connectivity index (χ1) is 12.8. The number of furan rings is 1. The Labute approximate surface area is 157 Å². The predicted molar refractivity (Wildman–Crippen MR) is 98.3 cm³/mol. The molecule has 0 aliphatic carbocycles. The molecular formula is C18H21N3O5S. The van der Waals surface area contributed by atoms with E-state index in [1.807, 2.05) is 0 Å². The Morgan fingerprint density at radius 2 is 1.96 bits per heavy atom. The van der Waals surface area contributed by atoms with Crippen molar-refractivity contribution in [3.05, 3.63) is 48.4 Å². The summed E-state index contributed by atoms with van der Waals surface area (Å²) in [6.45, 7) is 0.524. The molecule has 1 aromatic heterocycles. The number of benzene rings is 1. The number of nitrogens with zero attached hydrogens (tertiary/aromatic N) is 2. The van der Waals surface area contributed by atoms with Gasteiger partial charge in [-0.05, 0) is 36.4 Å². The van der Waals surface area contributed by atoms with E-state index >= 15 is 0 Å². The maximum Gasteiger partial charge on any atom is 0.242 e. The molecule has 0 saturated carbocycles. The molecule has 1 N–H and O–H groups in total. The topological polar surface area (TPSA) is 99.9 Å². The van der Waals surface area contributed by atoms with Gasteiger partial charge < -0.3 is 14.6 Å². The van der Waals surface area contributed by atoms with E-state index in [4.69, 9.17) is 4.42 Å². The van der Waals surface area contributed by atoms with Crippen LogP contribution in [-0.2, 0) is 26.2 Å². The molecule has 0 radical (unpaired) electrons. The molecule has 9 heteroatoms. The fraction of sp³-hybridized carbons (Fsp3) is 0.333. The van der Waals surface area contributed by atoms with Crippen molar-refractivity contribution in [2.24, 2.45) is 5.92 Å². The van der Waals surface area contributed by atoms with Gasteiger partial charge in [-0.3, -0.25) is 9.59 Å². The second kappa shape index (κ2) is 7.53. The van der Waals surface area contributed by atoms with Crippen LogP contribution in [0.5, 0.6) is 0 Å². The van der Waals surface area contributed by atoms with Gasteiger partial charge in [-0.1, -0.05) is 0 Å². The molecule has 0 bridgehead atoms. The Balaban J connectivity index is 1.66. The third kappa shape index (κ3) is 4.04. The molecule has 2 amide bonds. The molecule has 1 aliphatic rings. The molecule has 144 valence electrons. The number of amides is 2. The third-order valence-corrected chi connectivity index (χ3v) is 6.27. The molecule has 2 heterocycles. The first kappa shape index (κ1) is 19.1. The molecular weight excluding hydrogens is 370 g/mol. The van der Waals surface area contributed by atoms with Gasteiger partial charge in [-0.25, -0.2) is 12.7 Å². The van der Waals surface area contributed by atoms with Gasteiger partial charge in [0.05, 0.1) is 23.6 Å². The largest absolute Gasteiger partial charge is 0.467 e. The summed E-state index contributed by atoms with van der Waals surface area (Å²) in [7, 11) is -0.612. The number of sulfonamides is 1. The van der Waals surface area contributed by atoms with E-state index in [1.165, 1.54) is 37.4 Å². The second-order valence-corrected chi connectivity index (χ2v) is 8.64. The fourth-order valence-electron chi connectivity index (χ4n) is 2.87. The van der Waals surface area contributed by atoms with Gasteiger partial charge >= 0.3 is 0 Å². The van der Waals surface area contributed by atoms with Crippen LogP contribution in [0.3, 0.4) is 0 Å². The van der Waals surface area contributed by atoms with Crippen molar-refractivity contribution >= 4 is 27.5 Å². The number of hydrogen-bond donors (Lipinski definition) is 1. The molecule has 1 fully saturated rings. The summed E-state index contributed by atoms with van der Waals surface area (Å²) in [4.78, 5) is 26.3. The second-order valence-electron chi connectivity index (χ2n) is 6.48. The van der Waals surface area contributed by atoms with Gasteiger partial charge in [0.2, 0.25) is 21.8 Å². The van der Waals surface area contributed by atoms with Crippen molar-refractivity contribution in [1.29, 1.82) is 0 Å². The number of hydrogen-bond acceptors (Lipinski definition) is 5. The van der Waals surface area contributed by atoms with Crippen LogP contribution in [0.15, 0.2) is 52.0 Å². The highest BCUT2D eigenvalue weighted by atomic mass is 32.2. The molecule has 1 aliphatic heterocycles. The molecule has 1 aromatic carbocycles. The van der Waals surface area contributed by atoms with Crippen molar-refractivity contribution in [2.75, 3.05) is 25.5 Å². The van der Waals surface area contributed by atoms with Crippen LogP contribution in [0.25, 0.3) is 0 Å². The monoisotopic (exact) mass is 391 g/mol. The van der Waals surface area contributed by atoms with Crippen LogP contribution in [0.1, 0.15) is 12.2 Å². The van der Waals surface area contributed by atoms with Crippen LogP contribution >= 0.6 is 0 Å². The fourth-order valence-corrected chi connectivity index (χ4v) is 3.78. The number of carbonyl (C=O) groups excluding carboxylic acids is 2. The van der Waals surface area contributed by atoms with Crippen LogP contribution in [-0.4, -0.2) is 45.2 Å². The lowest BCUT2D eigenvalue weighted by Crippen LogP contribution is -2.32. The smallest absolute Gasteiger partial charge is 0.242 e. The van der Waals surface area contributed by atoms with E-state index < -0.39 is 15.9 Å².